The van der Waals surface area contributed by atoms with Crippen LogP contribution in [-0.2, 0) is 4.79 Å². The summed E-state index contributed by atoms with van der Waals surface area (Å²) in [6.07, 6.45) is 0.709. The fourth-order valence-electron chi connectivity index (χ4n) is 3.55. The molecule has 1 aliphatic rings. The molecule has 2 N–H and O–H groups in total. The summed E-state index contributed by atoms with van der Waals surface area (Å²) in [6.45, 7) is 3.59. The highest BCUT2D eigenvalue weighted by Gasteiger charge is 2.31. The van der Waals surface area contributed by atoms with Gasteiger partial charge < -0.3 is 15.2 Å². The molecule has 2 aromatic carbocycles. The lowest BCUT2D eigenvalue weighted by atomic mass is 10.1. The third-order valence-electron chi connectivity index (χ3n) is 4.97. The van der Waals surface area contributed by atoms with Crippen molar-refractivity contribution in [3.05, 3.63) is 54.1 Å². The number of nitrogens with zero attached hydrogens (tertiary/aromatic N) is 2. The van der Waals surface area contributed by atoms with Crippen LogP contribution in [0.4, 0.5) is 0 Å². The Bertz CT molecular complexity index is 962. The van der Waals surface area contributed by atoms with Gasteiger partial charge in [0, 0.05) is 30.8 Å². The molecule has 1 aromatic heterocycles. The molecule has 0 aliphatic carbocycles. The second-order valence-corrected chi connectivity index (χ2v) is 6.81. The van der Waals surface area contributed by atoms with E-state index in [0.29, 0.717) is 31.6 Å². The summed E-state index contributed by atoms with van der Waals surface area (Å²) in [4.78, 5) is 34.6. The van der Waals surface area contributed by atoms with Crippen LogP contribution in [0, 0.1) is 5.92 Å². The van der Waals surface area contributed by atoms with Crippen molar-refractivity contribution >= 4 is 22.8 Å². The smallest absolute Gasteiger partial charge is 0.253 e. The lowest BCUT2D eigenvalue weighted by molar-refractivity contribution is -0.124. The predicted octanol–water partition coefficient (Wildman–Crippen LogP) is 2.83. The number of carbonyl (C=O) groups excluding carboxylic acids is 2. The number of carbonyl (C=O) groups is 2. The van der Waals surface area contributed by atoms with E-state index < -0.39 is 0 Å². The average molecular weight is 362 g/mol. The van der Waals surface area contributed by atoms with Crippen molar-refractivity contribution in [2.75, 3.05) is 19.6 Å². The van der Waals surface area contributed by atoms with Gasteiger partial charge in [-0.05, 0) is 37.6 Å². The van der Waals surface area contributed by atoms with E-state index in [0.717, 1.165) is 22.4 Å². The van der Waals surface area contributed by atoms with Gasteiger partial charge in [0.2, 0.25) is 5.91 Å². The molecule has 27 heavy (non-hydrogen) atoms. The first-order chi connectivity index (χ1) is 13.2. The maximum atomic E-state index is 12.9. The Morgan fingerprint density at radius 3 is 2.89 bits per heavy atom. The molecule has 0 unspecified atom stereocenters. The highest BCUT2D eigenvalue weighted by atomic mass is 16.2. The Balaban J connectivity index is 1.54. The van der Waals surface area contributed by atoms with Gasteiger partial charge in [0.25, 0.3) is 5.91 Å². The highest BCUT2D eigenvalue weighted by Crippen LogP contribution is 2.24. The first-order valence-corrected chi connectivity index (χ1v) is 9.28. The zero-order chi connectivity index (χ0) is 18.8. The number of aromatic amines is 1. The molecule has 3 aromatic rings. The Morgan fingerprint density at radius 2 is 2.07 bits per heavy atom. The number of rotatable bonds is 4. The maximum absolute atomic E-state index is 12.9. The number of imidazole rings is 1. The summed E-state index contributed by atoms with van der Waals surface area (Å²) in [7, 11) is 0. The number of nitrogens with one attached hydrogen (secondary N) is 2. The molecular formula is C21H22N4O2. The van der Waals surface area contributed by atoms with Crippen molar-refractivity contribution in [2.24, 2.45) is 5.92 Å². The Hall–Kier alpha value is -3.15. The van der Waals surface area contributed by atoms with Crippen LogP contribution in [0.2, 0.25) is 0 Å². The highest BCUT2D eigenvalue weighted by molar-refractivity contribution is 5.96. The molecule has 0 spiro atoms. The molecule has 1 atom stereocenters. The van der Waals surface area contributed by atoms with Crippen LogP contribution in [0.25, 0.3) is 22.4 Å². The molecule has 6 heteroatoms. The van der Waals surface area contributed by atoms with Gasteiger partial charge in [-0.15, -0.1) is 0 Å². The summed E-state index contributed by atoms with van der Waals surface area (Å²) >= 11 is 0. The summed E-state index contributed by atoms with van der Waals surface area (Å²) in [5.41, 5.74) is 3.35. The van der Waals surface area contributed by atoms with Gasteiger partial charge in [-0.2, -0.15) is 0 Å². The zero-order valence-electron chi connectivity index (χ0n) is 15.2. The number of aromatic nitrogens is 2. The molecule has 0 saturated carbocycles. The number of benzene rings is 2. The number of para-hydroxylation sites is 2. The third kappa shape index (κ3) is 3.43. The van der Waals surface area contributed by atoms with Crippen molar-refractivity contribution < 1.29 is 9.59 Å². The fraction of sp³-hybridized carbons (Fsp3) is 0.286. The molecule has 1 fully saturated rings. The maximum Gasteiger partial charge on any atom is 0.253 e. The van der Waals surface area contributed by atoms with Crippen LogP contribution in [0.1, 0.15) is 23.7 Å². The Labute approximate surface area is 157 Å². The molecule has 138 valence electrons. The summed E-state index contributed by atoms with van der Waals surface area (Å²) < 4.78 is 0. The summed E-state index contributed by atoms with van der Waals surface area (Å²) in [5.74, 6) is 0.614. The first-order valence-electron chi connectivity index (χ1n) is 9.28. The van der Waals surface area contributed by atoms with Gasteiger partial charge in [0.15, 0.2) is 0 Å². The number of H-pyrrole nitrogens is 1. The summed E-state index contributed by atoms with van der Waals surface area (Å²) in [5, 5.41) is 2.84. The van der Waals surface area contributed by atoms with E-state index in [-0.39, 0.29) is 17.7 Å². The fourth-order valence-corrected chi connectivity index (χ4v) is 3.55. The van der Waals surface area contributed by atoms with Gasteiger partial charge in [0.1, 0.15) is 5.82 Å². The van der Waals surface area contributed by atoms with E-state index in [1.54, 1.807) is 4.90 Å². The van der Waals surface area contributed by atoms with E-state index in [1.807, 2.05) is 55.5 Å². The van der Waals surface area contributed by atoms with Crippen molar-refractivity contribution in [1.29, 1.82) is 0 Å². The van der Waals surface area contributed by atoms with E-state index in [4.69, 9.17) is 0 Å². The van der Waals surface area contributed by atoms with E-state index >= 15 is 0 Å². The predicted molar refractivity (Wildman–Crippen MR) is 104 cm³/mol. The minimum Gasteiger partial charge on any atom is -0.356 e. The molecule has 6 nitrogen and oxygen atoms in total. The van der Waals surface area contributed by atoms with Gasteiger partial charge in [-0.25, -0.2) is 4.98 Å². The lowest BCUT2D eigenvalue weighted by Gasteiger charge is -2.17. The minimum absolute atomic E-state index is 0.0313. The Morgan fingerprint density at radius 1 is 1.22 bits per heavy atom. The standard InChI is InChI=1S/C21H22N4O2/c1-2-22-20(26)16-10-11-25(13-16)21(27)15-7-5-6-14(12-15)19-23-17-8-3-4-9-18(17)24-19/h3-9,12,16H,2,10-11,13H2,1H3,(H,22,26)(H,23,24)/t16-/m0/s1. The molecule has 0 bridgehead atoms. The molecule has 4 rings (SSSR count). The second-order valence-electron chi connectivity index (χ2n) is 6.81. The zero-order valence-corrected chi connectivity index (χ0v) is 15.2. The molecule has 1 saturated heterocycles. The second kappa shape index (κ2) is 7.23. The van der Waals surface area contributed by atoms with Crippen LogP contribution < -0.4 is 5.32 Å². The molecular weight excluding hydrogens is 340 g/mol. The first kappa shape index (κ1) is 17.3. The number of hydrogen-bond acceptors (Lipinski definition) is 3. The number of fused-ring (bicyclic) bond motifs is 1. The van der Waals surface area contributed by atoms with Crippen molar-refractivity contribution in [1.82, 2.24) is 20.2 Å². The van der Waals surface area contributed by atoms with Crippen molar-refractivity contribution in [2.45, 2.75) is 13.3 Å². The molecule has 2 amide bonds. The van der Waals surface area contributed by atoms with Gasteiger partial charge >= 0.3 is 0 Å². The number of likely N-dealkylation sites (tertiary alicyclic amines) is 1. The van der Waals surface area contributed by atoms with E-state index in [9.17, 15) is 9.59 Å². The number of hydrogen-bond donors (Lipinski definition) is 2. The Kier molecular flexibility index (Phi) is 4.62. The van der Waals surface area contributed by atoms with Crippen LogP contribution in [0.3, 0.4) is 0 Å². The third-order valence-corrected chi connectivity index (χ3v) is 4.97. The number of amides is 2. The average Bonchev–Trinajstić information content (AvgIpc) is 3.35. The van der Waals surface area contributed by atoms with Crippen molar-refractivity contribution in [3.63, 3.8) is 0 Å². The van der Waals surface area contributed by atoms with Gasteiger partial charge in [0.05, 0.1) is 17.0 Å². The normalized spacial score (nSPS) is 16.6. The lowest BCUT2D eigenvalue weighted by Crippen LogP contribution is -2.34. The molecule has 1 aliphatic heterocycles. The summed E-state index contributed by atoms with van der Waals surface area (Å²) in [6, 6.07) is 15.3. The largest absolute Gasteiger partial charge is 0.356 e. The van der Waals surface area contributed by atoms with Crippen molar-refractivity contribution in [3.8, 4) is 11.4 Å². The molecule has 0 radical (unpaired) electrons. The van der Waals surface area contributed by atoms with Crippen LogP contribution in [0.5, 0.6) is 0 Å². The van der Waals surface area contributed by atoms with Crippen LogP contribution in [-0.4, -0.2) is 46.3 Å². The quantitative estimate of drug-likeness (QED) is 0.749. The SMILES string of the molecule is CCNC(=O)[C@H]1CCN(C(=O)c2cccc(-c3nc4ccccc4[nH]3)c2)C1. The van der Waals surface area contributed by atoms with Gasteiger partial charge in [-0.3, -0.25) is 9.59 Å². The van der Waals surface area contributed by atoms with Gasteiger partial charge in [-0.1, -0.05) is 24.3 Å². The molecule has 2 heterocycles. The van der Waals surface area contributed by atoms with Crippen LogP contribution in [0.15, 0.2) is 48.5 Å². The topological polar surface area (TPSA) is 78.1 Å². The van der Waals surface area contributed by atoms with E-state index in [2.05, 4.69) is 15.3 Å². The van der Waals surface area contributed by atoms with Crippen LogP contribution >= 0.6 is 0 Å². The van der Waals surface area contributed by atoms with E-state index in [1.165, 1.54) is 0 Å². The monoisotopic (exact) mass is 362 g/mol. The minimum atomic E-state index is -0.118.